The highest BCUT2D eigenvalue weighted by Gasteiger charge is 2.18. The van der Waals surface area contributed by atoms with Gasteiger partial charge in [-0.15, -0.1) is 0 Å². The summed E-state index contributed by atoms with van der Waals surface area (Å²) in [6.07, 6.45) is 3.84. The first-order valence-electron chi connectivity index (χ1n) is 7.09. The predicted octanol–water partition coefficient (Wildman–Crippen LogP) is 3.41. The molecule has 1 atom stereocenters. The fraction of sp³-hybridized carbons (Fsp3) is 0.235. The Balaban J connectivity index is 2.18. The van der Waals surface area contributed by atoms with Crippen LogP contribution in [0.25, 0.3) is 10.8 Å². The molecular formula is C17H18FN3. The van der Waals surface area contributed by atoms with Gasteiger partial charge in [0, 0.05) is 24.2 Å². The molecule has 0 aliphatic heterocycles. The van der Waals surface area contributed by atoms with E-state index in [9.17, 15) is 4.39 Å². The Morgan fingerprint density at radius 2 is 1.95 bits per heavy atom. The Morgan fingerprint density at radius 1 is 1.19 bits per heavy atom. The number of halogens is 1. The van der Waals surface area contributed by atoms with Crippen LogP contribution in [0.2, 0.25) is 0 Å². The van der Waals surface area contributed by atoms with E-state index in [1.807, 2.05) is 49.8 Å². The molecule has 0 spiro atoms. The minimum atomic E-state index is -0.184. The van der Waals surface area contributed by atoms with E-state index in [1.165, 1.54) is 0 Å². The van der Waals surface area contributed by atoms with Gasteiger partial charge in [-0.25, -0.2) is 4.39 Å². The lowest BCUT2D eigenvalue weighted by Crippen LogP contribution is -2.22. The van der Waals surface area contributed by atoms with Crippen molar-refractivity contribution in [2.45, 2.75) is 13.0 Å². The maximum atomic E-state index is 14.0. The second-order valence-electron chi connectivity index (χ2n) is 5.12. The summed E-state index contributed by atoms with van der Waals surface area (Å²) in [5.74, 6) is -0.184. The Morgan fingerprint density at radius 3 is 2.62 bits per heavy atom. The van der Waals surface area contributed by atoms with E-state index in [2.05, 4.69) is 17.3 Å². The molecule has 0 bridgehead atoms. The molecule has 1 aromatic heterocycles. The number of aryl methyl sites for hydroxylation is 1. The predicted molar refractivity (Wildman–Crippen MR) is 82.6 cm³/mol. The third-order valence-electron chi connectivity index (χ3n) is 3.68. The van der Waals surface area contributed by atoms with Gasteiger partial charge in [0.1, 0.15) is 5.82 Å². The fourth-order valence-corrected chi connectivity index (χ4v) is 2.74. The SMILES string of the molecule is CCNC(c1cnn(C)c1)c1ccc(F)c2ccccc12. The number of rotatable bonds is 4. The van der Waals surface area contributed by atoms with Crippen LogP contribution < -0.4 is 5.32 Å². The van der Waals surface area contributed by atoms with E-state index in [0.29, 0.717) is 5.39 Å². The van der Waals surface area contributed by atoms with E-state index >= 15 is 0 Å². The molecule has 0 radical (unpaired) electrons. The van der Waals surface area contributed by atoms with Crippen molar-refractivity contribution in [1.29, 1.82) is 0 Å². The number of fused-ring (bicyclic) bond motifs is 1. The summed E-state index contributed by atoms with van der Waals surface area (Å²) in [6.45, 7) is 2.89. The lowest BCUT2D eigenvalue weighted by molar-refractivity contribution is 0.624. The van der Waals surface area contributed by atoms with Gasteiger partial charge in [-0.1, -0.05) is 37.3 Å². The molecule has 3 aromatic rings. The molecule has 0 saturated heterocycles. The van der Waals surface area contributed by atoms with Crippen molar-refractivity contribution in [3.63, 3.8) is 0 Å². The van der Waals surface area contributed by atoms with Crippen LogP contribution in [0.1, 0.15) is 24.1 Å². The summed E-state index contributed by atoms with van der Waals surface area (Å²) in [7, 11) is 1.90. The number of aromatic nitrogens is 2. The van der Waals surface area contributed by atoms with E-state index in [1.54, 1.807) is 10.7 Å². The first-order valence-corrected chi connectivity index (χ1v) is 7.09. The minimum Gasteiger partial charge on any atom is -0.306 e. The van der Waals surface area contributed by atoms with E-state index in [0.717, 1.165) is 23.1 Å². The van der Waals surface area contributed by atoms with E-state index in [4.69, 9.17) is 0 Å². The number of benzene rings is 2. The molecule has 21 heavy (non-hydrogen) atoms. The summed E-state index contributed by atoms with van der Waals surface area (Å²) in [6, 6.07) is 11.0. The highest BCUT2D eigenvalue weighted by molar-refractivity contribution is 5.87. The van der Waals surface area contributed by atoms with Crippen LogP contribution in [0.15, 0.2) is 48.8 Å². The summed E-state index contributed by atoms with van der Waals surface area (Å²) in [5, 5.41) is 9.30. The molecule has 0 aliphatic rings. The zero-order valence-electron chi connectivity index (χ0n) is 12.2. The largest absolute Gasteiger partial charge is 0.306 e. The standard InChI is InChI=1S/C17H18FN3/c1-3-19-17(12-10-20-21(2)11-12)15-8-9-16(18)14-7-5-4-6-13(14)15/h4-11,17,19H,3H2,1-2H3. The molecule has 0 amide bonds. The lowest BCUT2D eigenvalue weighted by atomic mass is 9.95. The minimum absolute atomic E-state index is 0.00852. The molecule has 1 heterocycles. The quantitative estimate of drug-likeness (QED) is 0.795. The smallest absolute Gasteiger partial charge is 0.131 e. The van der Waals surface area contributed by atoms with Crippen LogP contribution in [0.4, 0.5) is 4.39 Å². The number of nitrogens with zero attached hydrogens (tertiary/aromatic N) is 2. The van der Waals surface area contributed by atoms with Gasteiger partial charge in [-0.2, -0.15) is 5.10 Å². The van der Waals surface area contributed by atoms with Crippen LogP contribution in [-0.2, 0) is 7.05 Å². The summed E-state index contributed by atoms with van der Waals surface area (Å²) in [5.41, 5.74) is 2.15. The highest BCUT2D eigenvalue weighted by atomic mass is 19.1. The Kier molecular flexibility index (Phi) is 3.71. The normalized spacial score (nSPS) is 12.7. The fourth-order valence-electron chi connectivity index (χ4n) is 2.74. The zero-order chi connectivity index (χ0) is 14.8. The maximum absolute atomic E-state index is 14.0. The molecule has 1 unspecified atom stereocenters. The molecule has 0 fully saturated rings. The van der Waals surface area contributed by atoms with Gasteiger partial charge in [-0.05, 0) is 23.6 Å². The molecule has 1 N–H and O–H groups in total. The van der Waals surface area contributed by atoms with Crippen molar-refractivity contribution in [3.05, 3.63) is 65.7 Å². The van der Waals surface area contributed by atoms with Crippen LogP contribution in [0, 0.1) is 5.82 Å². The molecule has 0 saturated carbocycles. The van der Waals surface area contributed by atoms with Gasteiger partial charge in [0.15, 0.2) is 0 Å². The van der Waals surface area contributed by atoms with Gasteiger partial charge in [-0.3, -0.25) is 4.68 Å². The van der Waals surface area contributed by atoms with Crippen molar-refractivity contribution in [2.75, 3.05) is 6.54 Å². The molecule has 108 valence electrons. The van der Waals surface area contributed by atoms with Gasteiger partial charge in [0.05, 0.1) is 12.2 Å². The third kappa shape index (κ3) is 2.54. The molecule has 0 aliphatic carbocycles. The number of hydrogen-bond donors (Lipinski definition) is 1. The number of hydrogen-bond acceptors (Lipinski definition) is 2. The molecule has 3 nitrogen and oxygen atoms in total. The van der Waals surface area contributed by atoms with Crippen molar-refractivity contribution >= 4 is 10.8 Å². The van der Waals surface area contributed by atoms with Crippen LogP contribution in [-0.4, -0.2) is 16.3 Å². The first-order chi connectivity index (χ1) is 10.2. The maximum Gasteiger partial charge on any atom is 0.131 e. The van der Waals surface area contributed by atoms with Crippen molar-refractivity contribution in [3.8, 4) is 0 Å². The molecular weight excluding hydrogens is 265 g/mol. The summed E-state index contributed by atoms with van der Waals surface area (Å²) >= 11 is 0. The molecule has 4 heteroatoms. The monoisotopic (exact) mass is 283 g/mol. The topological polar surface area (TPSA) is 29.9 Å². The van der Waals surface area contributed by atoms with Gasteiger partial charge < -0.3 is 5.32 Å². The second-order valence-corrected chi connectivity index (χ2v) is 5.12. The third-order valence-corrected chi connectivity index (χ3v) is 3.68. The Labute approximate surface area is 123 Å². The van der Waals surface area contributed by atoms with Crippen LogP contribution >= 0.6 is 0 Å². The van der Waals surface area contributed by atoms with Gasteiger partial charge >= 0.3 is 0 Å². The van der Waals surface area contributed by atoms with Crippen molar-refractivity contribution in [1.82, 2.24) is 15.1 Å². The summed E-state index contributed by atoms with van der Waals surface area (Å²) in [4.78, 5) is 0. The number of nitrogens with one attached hydrogen (secondary N) is 1. The second kappa shape index (κ2) is 5.66. The van der Waals surface area contributed by atoms with Crippen LogP contribution in [0.5, 0.6) is 0 Å². The van der Waals surface area contributed by atoms with E-state index in [-0.39, 0.29) is 11.9 Å². The van der Waals surface area contributed by atoms with Crippen molar-refractivity contribution < 1.29 is 4.39 Å². The zero-order valence-corrected chi connectivity index (χ0v) is 12.2. The Bertz CT molecular complexity index is 764. The lowest BCUT2D eigenvalue weighted by Gasteiger charge is -2.19. The molecule has 3 rings (SSSR count). The highest BCUT2D eigenvalue weighted by Crippen LogP contribution is 2.30. The van der Waals surface area contributed by atoms with Crippen molar-refractivity contribution in [2.24, 2.45) is 7.05 Å². The average Bonchev–Trinajstić information content (AvgIpc) is 2.92. The average molecular weight is 283 g/mol. The Hall–Kier alpha value is -2.20. The van der Waals surface area contributed by atoms with E-state index < -0.39 is 0 Å². The van der Waals surface area contributed by atoms with Crippen LogP contribution in [0.3, 0.4) is 0 Å². The van der Waals surface area contributed by atoms with Gasteiger partial charge in [0.2, 0.25) is 0 Å². The summed E-state index contributed by atoms with van der Waals surface area (Å²) < 4.78 is 15.8. The molecule has 2 aromatic carbocycles. The van der Waals surface area contributed by atoms with Gasteiger partial charge in [0.25, 0.3) is 0 Å². The first kappa shape index (κ1) is 13.8.